The van der Waals surface area contributed by atoms with Gasteiger partial charge in [-0.25, -0.2) is 8.42 Å². The van der Waals surface area contributed by atoms with Gasteiger partial charge in [-0.05, 0) is 23.6 Å². The normalized spacial score (nSPS) is 14.1. The van der Waals surface area contributed by atoms with Crippen molar-refractivity contribution in [2.24, 2.45) is 4.99 Å². The Kier molecular flexibility index (Phi) is 6.01. The van der Waals surface area contributed by atoms with E-state index in [1.54, 1.807) is 7.05 Å². The van der Waals surface area contributed by atoms with Crippen LogP contribution in [0.2, 0.25) is 0 Å². The third-order valence-corrected chi connectivity index (χ3v) is 6.43. The number of nitrogens with zero attached hydrogens (tertiary/aromatic N) is 3. The van der Waals surface area contributed by atoms with E-state index in [4.69, 9.17) is 0 Å². The molecule has 0 unspecified atom stereocenters. The highest BCUT2D eigenvalue weighted by Crippen LogP contribution is 2.29. The van der Waals surface area contributed by atoms with Crippen molar-refractivity contribution in [3.05, 3.63) is 65.7 Å². The lowest BCUT2D eigenvalue weighted by Gasteiger charge is -2.23. The summed E-state index contributed by atoms with van der Waals surface area (Å²) in [5.74, 6) is 0.704. The number of fused-ring (bicyclic) bond motifs is 1. The third kappa shape index (κ3) is 4.60. The highest BCUT2D eigenvalue weighted by atomic mass is 32.2. The van der Waals surface area contributed by atoms with Crippen LogP contribution in [0.4, 0.5) is 5.69 Å². The van der Waals surface area contributed by atoms with Gasteiger partial charge in [-0.2, -0.15) is 0 Å². The minimum absolute atomic E-state index is 0.0273. The molecule has 0 bridgehead atoms. The number of benzene rings is 2. The topological polar surface area (TPSA) is 65.0 Å². The van der Waals surface area contributed by atoms with Gasteiger partial charge in [-0.3, -0.25) is 9.30 Å². The zero-order valence-corrected chi connectivity index (χ0v) is 16.6. The van der Waals surface area contributed by atoms with Crippen LogP contribution in [-0.4, -0.2) is 52.2 Å². The summed E-state index contributed by atoms with van der Waals surface area (Å²) in [4.78, 5) is 6.24. The molecule has 2 aromatic rings. The number of para-hydroxylation sites is 1. The van der Waals surface area contributed by atoms with Gasteiger partial charge in [0.15, 0.2) is 5.96 Å². The van der Waals surface area contributed by atoms with E-state index in [-0.39, 0.29) is 5.75 Å². The lowest BCUT2D eigenvalue weighted by molar-refractivity contribution is 0.478. The van der Waals surface area contributed by atoms with Gasteiger partial charge < -0.3 is 10.2 Å². The number of aliphatic imine (C=N–C) groups is 1. The zero-order chi connectivity index (χ0) is 19.3. The SMILES string of the molecule is CN=C(NCCS(=O)(=O)N1CCc2ccccc21)N(C)Cc1ccccc1. The van der Waals surface area contributed by atoms with Gasteiger partial charge >= 0.3 is 0 Å². The Bertz CT molecular complexity index is 897. The first-order valence-electron chi connectivity index (χ1n) is 9.05. The molecule has 0 saturated carbocycles. The first-order chi connectivity index (χ1) is 13.0. The molecule has 0 atom stereocenters. The fourth-order valence-corrected chi connectivity index (χ4v) is 4.74. The number of hydrogen-bond acceptors (Lipinski definition) is 3. The summed E-state index contributed by atoms with van der Waals surface area (Å²) < 4.78 is 27.0. The molecule has 0 fully saturated rings. The fraction of sp³-hybridized carbons (Fsp3) is 0.350. The summed E-state index contributed by atoms with van der Waals surface area (Å²) in [7, 11) is 0.277. The van der Waals surface area contributed by atoms with Crippen molar-refractivity contribution in [3.63, 3.8) is 0 Å². The Balaban J connectivity index is 1.56. The summed E-state index contributed by atoms with van der Waals surface area (Å²) in [6.07, 6.45) is 0.768. The van der Waals surface area contributed by atoms with E-state index in [2.05, 4.69) is 22.4 Å². The van der Waals surface area contributed by atoms with Crippen LogP contribution in [0.1, 0.15) is 11.1 Å². The van der Waals surface area contributed by atoms with Crippen LogP contribution in [0.3, 0.4) is 0 Å². The molecule has 1 aliphatic rings. The first-order valence-corrected chi connectivity index (χ1v) is 10.7. The van der Waals surface area contributed by atoms with Crippen LogP contribution in [0, 0.1) is 0 Å². The average molecular weight is 387 g/mol. The minimum Gasteiger partial charge on any atom is -0.355 e. The first kappa shape index (κ1) is 19.2. The molecule has 3 rings (SSSR count). The van der Waals surface area contributed by atoms with E-state index in [1.165, 1.54) is 9.87 Å². The Labute approximate surface area is 161 Å². The highest BCUT2D eigenvalue weighted by molar-refractivity contribution is 7.92. The number of guanidine groups is 1. The average Bonchev–Trinajstić information content (AvgIpc) is 3.11. The van der Waals surface area contributed by atoms with E-state index in [0.29, 0.717) is 25.6 Å². The van der Waals surface area contributed by atoms with Gasteiger partial charge in [-0.1, -0.05) is 48.5 Å². The molecule has 1 N–H and O–H groups in total. The standard InChI is InChI=1S/C20H26N4O2S/c1-21-20(23(2)16-17-8-4-3-5-9-17)22-13-15-27(25,26)24-14-12-18-10-6-7-11-19(18)24/h3-11H,12-16H2,1-2H3,(H,21,22). The Morgan fingerprint density at radius 3 is 2.59 bits per heavy atom. The molecule has 0 saturated heterocycles. The number of nitrogens with one attached hydrogen (secondary N) is 1. The van der Waals surface area contributed by atoms with Crippen LogP contribution >= 0.6 is 0 Å². The molecule has 0 amide bonds. The van der Waals surface area contributed by atoms with Crippen molar-refractivity contribution in [3.8, 4) is 0 Å². The zero-order valence-electron chi connectivity index (χ0n) is 15.8. The molecule has 0 radical (unpaired) electrons. The maximum absolute atomic E-state index is 12.8. The Morgan fingerprint density at radius 2 is 1.85 bits per heavy atom. The second kappa shape index (κ2) is 8.43. The van der Waals surface area contributed by atoms with E-state index < -0.39 is 10.0 Å². The van der Waals surface area contributed by atoms with Gasteiger partial charge in [0.1, 0.15) is 0 Å². The number of sulfonamides is 1. The predicted octanol–water partition coefficient (Wildman–Crippen LogP) is 2.09. The molecule has 7 heteroatoms. The monoisotopic (exact) mass is 386 g/mol. The number of anilines is 1. The molecule has 2 aromatic carbocycles. The van der Waals surface area contributed by atoms with Crippen LogP contribution in [0.15, 0.2) is 59.6 Å². The maximum atomic E-state index is 12.8. The summed E-state index contributed by atoms with van der Waals surface area (Å²) in [6, 6.07) is 17.8. The van der Waals surface area contributed by atoms with Crippen molar-refractivity contribution >= 4 is 21.7 Å². The summed E-state index contributed by atoms with van der Waals surface area (Å²) in [5.41, 5.74) is 3.07. The van der Waals surface area contributed by atoms with Crippen LogP contribution < -0.4 is 9.62 Å². The highest BCUT2D eigenvalue weighted by Gasteiger charge is 2.28. The predicted molar refractivity (Wildman–Crippen MR) is 111 cm³/mol. The largest absolute Gasteiger partial charge is 0.355 e. The summed E-state index contributed by atoms with van der Waals surface area (Å²) in [6.45, 7) is 1.53. The summed E-state index contributed by atoms with van der Waals surface area (Å²) in [5, 5.41) is 3.16. The maximum Gasteiger partial charge on any atom is 0.236 e. The van der Waals surface area contributed by atoms with Crippen LogP contribution in [-0.2, 0) is 23.0 Å². The van der Waals surface area contributed by atoms with Crippen LogP contribution in [0.5, 0.6) is 0 Å². The molecule has 144 valence electrons. The van der Waals surface area contributed by atoms with Gasteiger partial charge in [0.2, 0.25) is 10.0 Å². The molecular formula is C20H26N4O2S. The molecule has 0 aromatic heterocycles. The van der Waals surface area contributed by atoms with Crippen molar-refractivity contribution in [1.82, 2.24) is 10.2 Å². The van der Waals surface area contributed by atoms with Crippen molar-refractivity contribution in [2.75, 3.05) is 37.2 Å². The second-order valence-electron chi connectivity index (χ2n) is 6.58. The van der Waals surface area contributed by atoms with E-state index in [9.17, 15) is 8.42 Å². The second-order valence-corrected chi connectivity index (χ2v) is 8.60. The molecule has 0 aliphatic carbocycles. The molecule has 1 aliphatic heterocycles. The van der Waals surface area contributed by atoms with Gasteiger partial charge in [-0.15, -0.1) is 0 Å². The van der Waals surface area contributed by atoms with Crippen molar-refractivity contribution < 1.29 is 8.42 Å². The van der Waals surface area contributed by atoms with E-state index >= 15 is 0 Å². The number of hydrogen-bond donors (Lipinski definition) is 1. The number of rotatable bonds is 6. The van der Waals surface area contributed by atoms with Gasteiger partial charge in [0.25, 0.3) is 0 Å². The smallest absolute Gasteiger partial charge is 0.236 e. The van der Waals surface area contributed by atoms with Gasteiger partial charge in [0.05, 0.1) is 11.4 Å². The molecule has 0 spiro atoms. The third-order valence-electron chi connectivity index (χ3n) is 4.66. The van der Waals surface area contributed by atoms with Gasteiger partial charge in [0, 0.05) is 33.7 Å². The molecule has 1 heterocycles. The van der Waals surface area contributed by atoms with Crippen LogP contribution in [0.25, 0.3) is 0 Å². The van der Waals surface area contributed by atoms with E-state index in [1.807, 2.05) is 54.4 Å². The van der Waals surface area contributed by atoms with E-state index in [0.717, 1.165) is 17.7 Å². The Morgan fingerprint density at radius 1 is 1.15 bits per heavy atom. The lowest BCUT2D eigenvalue weighted by Crippen LogP contribution is -2.42. The molecule has 27 heavy (non-hydrogen) atoms. The van der Waals surface area contributed by atoms with Crippen molar-refractivity contribution in [2.45, 2.75) is 13.0 Å². The quantitative estimate of drug-likeness (QED) is 0.610. The summed E-state index contributed by atoms with van der Waals surface area (Å²) >= 11 is 0. The lowest BCUT2D eigenvalue weighted by atomic mass is 10.2. The molecular weight excluding hydrogens is 360 g/mol. The molecule has 6 nitrogen and oxygen atoms in total. The van der Waals surface area contributed by atoms with Crippen molar-refractivity contribution in [1.29, 1.82) is 0 Å². The Hall–Kier alpha value is -2.54. The minimum atomic E-state index is -3.36. The fourth-order valence-electron chi connectivity index (χ4n) is 3.32.